The highest BCUT2D eigenvalue weighted by Gasteiger charge is 2.21. The minimum atomic E-state index is 0.147. The molecule has 4 heteroatoms. The lowest BCUT2D eigenvalue weighted by molar-refractivity contribution is 0.590. The maximum atomic E-state index is 4.78. The number of para-hydroxylation sites is 1. The molecule has 0 bridgehead atoms. The maximum Gasteiger partial charge on any atom is 0.229 e. The van der Waals surface area contributed by atoms with Gasteiger partial charge in [-0.3, -0.25) is 0 Å². The van der Waals surface area contributed by atoms with Crippen LogP contribution >= 0.6 is 0 Å². The smallest absolute Gasteiger partial charge is 0.229 e. The SMILES string of the molecule is Cc1cc(N2CCc3ccccc32)nc(Nc2ccc(C(C)(C)C)cc2)n1. The van der Waals surface area contributed by atoms with Crippen molar-refractivity contribution in [3.63, 3.8) is 0 Å². The van der Waals surface area contributed by atoms with Crippen molar-refractivity contribution in [2.24, 2.45) is 0 Å². The van der Waals surface area contributed by atoms with Crippen LogP contribution in [0, 0.1) is 6.92 Å². The molecule has 1 aliphatic rings. The summed E-state index contributed by atoms with van der Waals surface area (Å²) in [6, 6.07) is 19.1. The molecular formula is C23H26N4. The Bertz CT molecular complexity index is 955. The summed E-state index contributed by atoms with van der Waals surface area (Å²) in [6.45, 7) is 9.63. The van der Waals surface area contributed by atoms with E-state index in [-0.39, 0.29) is 5.41 Å². The van der Waals surface area contributed by atoms with Gasteiger partial charge in [0.25, 0.3) is 0 Å². The van der Waals surface area contributed by atoms with Crippen LogP contribution in [0.15, 0.2) is 54.6 Å². The summed E-state index contributed by atoms with van der Waals surface area (Å²) in [6.07, 6.45) is 1.05. The van der Waals surface area contributed by atoms with Gasteiger partial charge in [-0.05, 0) is 48.1 Å². The van der Waals surface area contributed by atoms with Gasteiger partial charge < -0.3 is 10.2 Å². The summed E-state index contributed by atoms with van der Waals surface area (Å²) in [4.78, 5) is 11.6. The lowest BCUT2D eigenvalue weighted by Crippen LogP contribution is -2.16. The fraction of sp³-hybridized carbons (Fsp3) is 0.304. The third-order valence-corrected chi connectivity index (χ3v) is 5.01. The first-order valence-corrected chi connectivity index (χ1v) is 9.49. The predicted octanol–water partition coefficient (Wildman–Crippen LogP) is 5.52. The number of rotatable bonds is 3. The largest absolute Gasteiger partial charge is 0.326 e. The van der Waals surface area contributed by atoms with Gasteiger partial charge in [-0.25, -0.2) is 4.98 Å². The monoisotopic (exact) mass is 358 g/mol. The average molecular weight is 358 g/mol. The molecule has 0 amide bonds. The Morgan fingerprint density at radius 3 is 2.44 bits per heavy atom. The number of benzene rings is 2. The van der Waals surface area contributed by atoms with E-state index in [0.29, 0.717) is 5.95 Å². The van der Waals surface area contributed by atoms with Crippen LogP contribution in [0.5, 0.6) is 0 Å². The van der Waals surface area contributed by atoms with Crippen LogP contribution in [0.1, 0.15) is 37.6 Å². The number of aryl methyl sites for hydroxylation is 1. The Hall–Kier alpha value is -2.88. The number of aromatic nitrogens is 2. The lowest BCUT2D eigenvalue weighted by atomic mass is 9.87. The highest BCUT2D eigenvalue weighted by Crippen LogP contribution is 2.34. The van der Waals surface area contributed by atoms with E-state index in [9.17, 15) is 0 Å². The quantitative estimate of drug-likeness (QED) is 0.669. The second-order valence-corrected chi connectivity index (χ2v) is 8.17. The molecule has 0 saturated heterocycles. The summed E-state index contributed by atoms with van der Waals surface area (Å²) in [7, 11) is 0. The predicted molar refractivity (Wildman–Crippen MR) is 112 cm³/mol. The summed E-state index contributed by atoms with van der Waals surface area (Å²) >= 11 is 0. The molecule has 4 rings (SSSR count). The molecule has 2 heterocycles. The Balaban J connectivity index is 1.60. The molecular weight excluding hydrogens is 332 g/mol. The van der Waals surface area contributed by atoms with Gasteiger partial charge >= 0.3 is 0 Å². The number of hydrogen-bond acceptors (Lipinski definition) is 4. The summed E-state index contributed by atoms with van der Waals surface area (Å²) in [5, 5.41) is 3.36. The first kappa shape index (κ1) is 17.5. The molecule has 0 radical (unpaired) electrons. The van der Waals surface area contributed by atoms with Gasteiger partial charge in [-0.1, -0.05) is 51.1 Å². The number of nitrogens with one attached hydrogen (secondary N) is 1. The molecule has 1 aliphatic heterocycles. The van der Waals surface area contributed by atoms with Crippen LogP contribution in [0.4, 0.5) is 23.1 Å². The molecule has 2 aromatic carbocycles. The molecule has 1 N–H and O–H groups in total. The number of anilines is 4. The second-order valence-electron chi connectivity index (χ2n) is 8.17. The molecule has 0 unspecified atom stereocenters. The molecule has 0 spiro atoms. The van der Waals surface area contributed by atoms with Gasteiger partial charge in [0.2, 0.25) is 5.95 Å². The Morgan fingerprint density at radius 1 is 0.963 bits per heavy atom. The Morgan fingerprint density at radius 2 is 1.70 bits per heavy atom. The van der Waals surface area contributed by atoms with Gasteiger partial charge in [0.1, 0.15) is 5.82 Å². The van der Waals surface area contributed by atoms with E-state index in [2.05, 4.69) is 90.6 Å². The van der Waals surface area contributed by atoms with Crippen molar-refractivity contribution in [1.82, 2.24) is 9.97 Å². The van der Waals surface area contributed by atoms with E-state index in [1.165, 1.54) is 16.8 Å². The van der Waals surface area contributed by atoms with Crippen molar-refractivity contribution < 1.29 is 0 Å². The number of fused-ring (bicyclic) bond motifs is 1. The molecule has 138 valence electrons. The van der Waals surface area contributed by atoms with Crippen molar-refractivity contribution in [3.05, 3.63) is 71.4 Å². The standard InChI is InChI=1S/C23H26N4/c1-16-15-21(27-14-13-17-7-5-6-8-20(17)27)26-22(24-16)25-19-11-9-18(10-12-19)23(2,3)4/h5-12,15H,13-14H2,1-4H3,(H,24,25,26). The van der Waals surface area contributed by atoms with Crippen LogP contribution in [-0.2, 0) is 11.8 Å². The van der Waals surface area contributed by atoms with Gasteiger partial charge in [-0.2, -0.15) is 4.98 Å². The summed E-state index contributed by atoms with van der Waals surface area (Å²) < 4.78 is 0. The van der Waals surface area contributed by atoms with Crippen molar-refractivity contribution in [2.45, 2.75) is 39.5 Å². The highest BCUT2D eigenvalue weighted by molar-refractivity contribution is 5.68. The van der Waals surface area contributed by atoms with E-state index >= 15 is 0 Å². The van der Waals surface area contributed by atoms with E-state index in [0.717, 1.165) is 30.2 Å². The molecule has 0 fully saturated rings. The zero-order chi connectivity index (χ0) is 19.0. The first-order chi connectivity index (χ1) is 12.9. The minimum Gasteiger partial charge on any atom is -0.326 e. The van der Waals surface area contributed by atoms with E-state index in [4.69, 9.17) is 4.98 Å². The molecule has 0 saturated carbocycles. The van der Waals surface area contributed by atoms with Gasteiger partial charge in [0.05, 0.1) is 0 Å². The number of hydrogen-bond donors (Lipinski definition) is 1. The zero-order valence-electron chi connectivity index (χ0n) is 16.5. The fourth-order valence-electron chi connectivity index (χ4n) is 3.50. The second kappa shape index (κ2) is 6.69. The van der Waals surface area contributed by atoms with Crippen LogP contribution in [0.25, 0.3) is 0 Å². The lowest BCUT2D eigenvalue weighted by Gasteiger charge is -2.20. The Kier molecular flexibility index (Phi) is 4.34. The van der Waals surface area contributed by atoms with Crippen LogP contribution in [-0.4, -0.2) is 16.5 Å². The van der Waals surface area contributed by atoms with Crippen molar-refractivity contribution in [1.29, 1.82) is 0 Å². The molecule has 0 aliphatic carbocycles. The molecule has 4 nitrogen and oxygen atoms in total. The zero-order valence-corrected chi connectivity index (χ0v) is 16.5. The Labute approximate surface area is 161 Å². The van der Waals surface area contributed by atoms with Crippen molar-refractivity contribution >= 4 is 23.1 Å². The topological polar surface area (TPSA) is 41.1 Å². The van der Waals surface area contributed by atoms with Gasteiger partial charge in [-0.15, -0.1) is 0 Å². The third-order valence-electron chi connectivity index (χ3n) is 5.01. The highest BCUT2D eigenvalue weighted by atomic mass is 15.2. The third kappa shape index (κ3) is 3.65. The van der Waals surface area contributed by atoms with Crippen molar-refractivity contribution in [2.75, 3.05) is 16.8 Å². The minimum absolute atomic E-state index is 0.147. The first-order valence-electron chi connectivity index (χ1n) is 9.49. The van der Waals surface area contributed by atoms with Crippen LogP contribution in [0.3, 0.4) is 0 Å². The summed E-state index contributed by atoms with van der Waals surface area (Å²) in [5.74, 6) is 1.58. The van der Waals surface area contributed by atoms with E-state index < -0.39 is 0 Å². The normalized spacial score (nSPS) is 13.6. The van der Waals surface area contributed by atoms with Crippen LogP contribution < -0.4 is 10.2 Å². The summed E-state index contributed by atoms with van der Waals surface area (Å²) in [5.41, 5.74) is 6.04. The fourth-order valence-corrected chi connectivity index (χ4v) is 3.50. The average Bonchev–Trinajstić information content (AvgIpc) is 3.05. The molecule has 0 atom stereocenters. The van der Waals surface area contributed by atoms with Gasteiger partial charge in [0, 0.05) is 29.7 Å². The molecule has 1 aromatic heterocycles. The van der Waals surface area contributed by atoms with Crippen LogP contribution in [0.2, 0.25) is 0 Å². The van der Waals surface area contributed by atoms with E-state index in [1.807, 2.05) is 6.92 Å². The molecule has 3 aromatic rings. The van der Waals surface area contributed by atoms with E-state index in [1.54, 1.807) is 0 Å². The van der Waals surface area contributed by atoms with Gasteiger partial charge in [0.15, 0.2) is 0 Å². The maximum absolute atomic E-state index is 4.78. The molecule has 27 heavy (non-hydrogen) atoms. The van der Waals surface area contributed by atoms with Crippen molar-refractivity contribution in [3.8, 4) is 0 Å². The number of nitrogens with zero attached hydrogens (tertiary/aromatic N) is 3.